The molecule has 1 unspecified atom stereocenters. The summed E-state index contributed by atoms with van der Waals surface area (Å²) in [5, 5.41) is 8.83. The Balaban J connectivity index is 1.98. The van der Waals surface area contributed by atoms with Crippen LogP contribution < -0.4 is 5.73 Å². The lowest BCUT2D eigenvalue weighted by Gasteiger charge is -2.17. The summed E-state index contributed by atoms with van der Waals surface area (Å²) in [6.07, 6.45) is 0.778. The zero-order valence-electron chi connectivity index (χ0n) is 11.1. The normalized spacial score (nSPS) is 23.2. The van der Waals surface area contributed by atoms with Gasteiger partial charge in [0.1, 0.15) is 6.04 Å². The second-order valence-electron chi connectivity index (χ2n) is 5.21. The molecule has 1 heterocycles. The molecule has 2 atom stereocenters. The molecular weight excluding hydrogens is 246 g/mol. The molecule has 1 fully saturated rings. The number of hydrogen-bond acceptors (Lipinski definition) is 4. The molecule has 5 heteroatoms. The van der Waals surface area contributed by atoms with Crippen molar-refractivity contribution in [1.29, 1.82) is 0 Å². The van der Waals surface area contributed by atoms with Gasteiger partial charge < -0.3 is 20.3 Å². The lowest BCUT2D eigenvalue weighted by molar-refractivity contribution is -0.139. The molecule has 104 valence electrons. The molecule has 19 heavy (non-hydrogen) atoms. The van der Waals surface area contributed by atoms with Crippen molar-refractivity contribution >= 4 is 5.97 Å². The highest BCUT2D eigenvalue weighted by molar-refractivity contribution is 5.75. The van der Waals surface area contributed by atoms with Crippen molar-refractivity contribution in [2.45, 2.75) is 38.2 Å². The van der Waals surface area contributed by atoms with Crippen molar-refractivity contribution < 1.29 is 19.4 Å². The monoisotopic (exact) mass is 265 g/mol. The molecule has 0 radical (unpaired) electrons. The average molecular weight is 265 g/mol. The Morgan fingerprint density at radius 3 is 2.58 bits per heavy atom. The average Bonchev–Trinajstić information content (AvgIpc) is 2.68. The summed E-state index contributed by atoms with van der Waals surface area (Å²) in [5.74, 6) is -1.54. The minimum atomic E-state index is -1.03. The molecule has 2 rings (SSSR count). The van der Waals surface area contributed by atoms with Crippen LogP contribution in [0.25, 0.3) is 0 Å². The van der Waals surface area contributed by atoms with Gasteiger partial charge in [0, 0.05) is 6.42 Å². The molecule has 0 spiro atoms. The maximum Gasteiger partial charge on any atom is 0.325 e. The second-order valence-corrected chi connectivity index (χ2v) is 5.21. The Morgan fingerprint density at radius 1 is 1.47 bits per heavy atom. The van der Waals surface area contributed by atoms with E-state index in [1.807, 2.05) is 26.0 Å². The summed E-state index contributed by atoms with van der Waals surface area (Å²) >= 11 is 0. The minimum Gasteiger partial charge on any atom is -0.480 e. The maximum atomic E-state index is 10.8. The smallest absolute Gasteiger partial charge is 0.325 e. The van der Waals surface area contributed by atoms with Crippen molar-refractivity contribution in [2.24, 2.45) is 5.73 Å². The van der Waals surface area contributed by atoms with Crippen molar-refractivity contribution in [1.82, 2.24) is 0 Å². The van der Waals surface area contributed by atoms with Gasteiger partial charge in [-0.1, -0.05) is 24.3 Å². The van der Waals surface area contributed by atoms with Gasteiger partial charge in [-0.3, -0.25) is 4.79 Å². The number of nitrogens with two attached hydrogens (primary N) is 1. The van der Waals surface area contributed by atoms with E-state index >= 15 is 0 Å². The van der Waals surface area contributed by atoms with Crippen LogP contribution in [0.5, 0.6) is 0 Å². The van der Waals surface area contributed by atoms with Gasteiger partial charge in [-0.2, -0.15) is 0 Å². The Hall–Kier alpha value is -1.43. The standard InChI is InChI=1S/C14H19NO4/c1-14(2)18-8-11(19-14)7-9-3-5-10(6-4-9)12(15)13(16)17/h3-6,11-12H,7-8,15H2,1-2H3,(H,16,17)/t11?,12-/m1/s1. The number of benzene rings is 1. The van der Waals surface area contributed by atoms with Gasteiger partial charge in [0.05, 0.1) is 12.7 Å². The highest BCUT2D eigenvalue weighted by Crippen LogP contribution is 2.24. The van der Waals surface area contributed by atoms with Gasteiger partial charge in [0.2, 0.25) is 0 Å². The van der Waals surface area contributed by atoms with E-state index in [2.05, 4.69) is 0 Å². The first-order chi connectivity index (χ1) is 8.87. The van der Waals surface area contributed by atoms with E-state index in [9.17, 15) is 4.79 Å². The molecule has 0 aliphatic carbocycles. The summed E-state index contributed by atoms with van der Waals surface area (Å²) in [5.41, 5.74) is 7.22. The van der Waals surface area contributed by atoms with Crippen molar-refractivity contribution in [3.8, 4) is 0 Å². The lowest BCUT2D eigenvalue weighted by atomic mass is 10.0. The number of rotatable bonds is 4. The molecule has 3 N–H and O–H groups in total. The van der Waals surface area contributed by atoms with Crippen LogP contribution in [0.2, 0.25) is 0 Å². The largest absolute Gasteiger partial charge is 0.480 e. The SMILES string of the molecule is CC1(C)OCC(Cc2ccc([C@@H](N)C(=O)O)cc2)O1. The molecule has 1 saturated heterocycles. The Kier molecular flexibility index (Phi) is 3.89. The van der Waals surface area contributed by atoms with Gasteiger partial charge >= 0.3 is 5.97 Å². The summed E-state index contributed by atoms with van der Waals surface area (Å²) in [6.45, 7) is 4.35. The fourth-order valence-corrected chi connectivity index (χ4v) is 2.13. The van der Waals surface area contributed by atoms with Crippen molar-refractivity contribution in [2.75, 3.05) is 6.61 Å². The zero-order chi connectivity index (χ0) is 14.0. The van der Waals surface area contributed by atoms with E-state index in [-0.39, 0.29) is 6.10 Å². The summed E-state index contributed by atoms with van der Waals surface area (Å²) in [6, 6.07) is 6.28. The van der Waals surface area contributed by atoms with Crippen LogP contribution in [0, 0.1) is 0 Å². The number of carboxylic acids is 1. The van der Waals surface area contributed by atoms with Crippen molar-refractivity contribution in [3.63, 3.8) is 0 Å². The number of hydrogen-bond donors (Lipinski definition) is 2. The molecular formula is C14H19NO4. The third-order valence-corrected chi connectivity index (χ3v) is 3.14. The van der Waals surface area contributed by atoms with Gasteiger partial charge in [0.25, 0.3) is 0 Å². The van der Waals surface area contributed by atoms with Crippen LogP contribution >= 0.6 is 0 Å². The van der Waals surface area contributed by atoms with Crippen LogP contribution in [-0.4, -0.2) is 29.6 Å². The van der Waals surface area contributed by atoms with Crippen molar-refractivity contribution in [3.05, 3.63) is 35.4 Å². The van der Waals surface area contributed by atoms with E-state index in [1.54, 1.807) is 12.1 Å². The number of carbonyl (C=O) groups is 1. The van der Waals surface area contributed by atoms with Gasteiger partial charge in [-0.15, -0.1) is 0 Å². The third-order valence-electron chi connectivity index (χ3n) is 3.14. The lowest BCUT2D eigenvalue weighted by Crippen LogP contribution is -2.22. The second kappa shape index (κ2) is 5.28. The van der Waals surface area contributed by atoms with Gasteiger partial charge in [0.15, 0.2) is 5.79 Å². The predicted octanol–water partition coefficient (Wildman–Crippen LogP) is 1.46. The summed E-state index contributed by atoms with van der Waals surface area (Å²) in [7, 11) is 0. The van der Waals surface area contributed by atoms with E-state index < -0.39 is 17.8 Å². The summed E-state index contributed by atoms with van der Waals surface area (Å²) in [4.78, 5) is 10.8. The van der Waals surface area contributed by atoms with E-state index in [0.29, 0.717) is 12.2 Å². The quantitative estimate of drug-likeness (QED) is 0.861. The van der Waals surface area contributed by atoms with Gasteiger partial charge in [-0.25, -0.2) is 0 Å². The Labute approximate surface area is 112 Å². The first-order valence-electron chi connectivity index (χ1n) is 6.26. The topological polar surface area (TPSA) is 81.8 Å². The highest BCUT2D eigenvalue weighted by atomic mass is 16.7. The fraction of sp³-hybridized carbons (Fsp3) is 0.500. The zero-order valence-corrected chi connectivity index (χ0v) is 11.1. The van der Waals surface area contributed by atoms with Crippen LogP contribution in [0.4, 0.5) is 0 Å². The fourth-order valence-electron chi connectivity index (χ4n) is 2.13. The first-order valence-corrected chi connectivity index (χ1v) is 6.26. The molecule has 0 amide bonds. The molecule has 0 saturated carbocycles. The molecule has 1 aliphatic heterocycles. The van der Waals surface area contributed by atoms with Gasteiger partial charge in [-0.05, 0) is 25.0 Å². The third kappa shape index (κ3) is 3.53. The van der Waals surface area contributed by atoms with Crippen LogP contribution in [0.1, 0.15) is 31.0 Å². The Morgan fingerprint density at radius 2 is 2.11 bits per heavy atom. The molecule has 0 bridgehead atoms. The number of ether oxygens (including phenoxy) is 2. The van der Waals surface area contributed by atoms with E-state index in [0.717, 1.165) is 12.0 Å². The molecule has 1 aliphatic rings. The molecule has 1 aromatic carbocycles. The summed E-state index contributed by atoms with van der Waals surface area (Å²) < 4.78 is 11.2. The van der Waals surface area contributed by atoms with Crippen LogP contribution in [-0.2, 0) is 20.7 Å². The minimum absolute atomic E-state index is 0.0361. The predicted molar refractivity (Wildman–Crippen MR) is 69.6 cm³/mol. The molecule has 1 aromatic rings. The molecule has 5 nitrogen and oxygen atoms in total. The Bertz CT molecular complexity index is 455. The van der Waals surface area contributed by atoms with Crippen LogP contribution in [0.15, 0.2) is 24.3 Å². The first kappa shape index (κ1) is 14.0. The maximum absolute atomic E-state index is 10.8. The van der Waals surface area contributed by atoms with E-state index in [4.69, 9.17) is 20.3 Å². The number of aliphatic carboxylic acids is 1. The number of carboxylic acid groups (broad SMARTS) is 1. The molecule has 0 aromatic heterocycles. The van der Waals surface area contributed by atoms with Crippen LogP contribution in [0.3, 0.4) is 0 Å². The van der Waals surface area contributed by atoms with E-state index in [1.165, 1.54) is 0 Å². The highest BCUT2D eigenvalue weighted by Gasteiger charge is 2.32.